The number of rotatable bonds is 12. The molecule has 2 heterocycles. The fourth-order valence-electron chi connectivity index (χ4n) is 11.2. The van der Waals surface area contributed by atoms with Gasteiger partial charge in [-0.1, -0.05) is 78.4 Å². The highest BCUT2D eigenvalue weighted by molar-refractivity contribution is 7.46. The summed E-state index contributed by atoms with van der Waals surface area (Å²) in [4.78, 5) is 81.9. The molecule has 5 aromatic carbocycles. The molecule has 17 heteroatoms. The maximum atomic E-state index is 15.0. The number of likely N-dealkylation sites (N-methyl/N-ethyl adjacent to an activating group) is 2. The smallest absolute Gasteiger partial charge is 0.445 e. The third kappa shape index (κ3) is 6.85. The molecule has 2 N–H and O–H groups in total. The van der Waals surface area contributed by atoms with Crippen LogP contribution in [0.4, 0.5) is 21.0 Å². The van der Waals surface area contributed by atoms with Crippen LogP contribution in [0.1, 0.15) is 53.4 Å². The van der Waals surface area contributed by atoms with Crippen LogP contribution in [0.15, 0.2) is 84.9 Å². The summed E-state index contributed by atoms with van der Waals surface area (Å²) in [7, 11) is -1.75. The average molecular weight is 942 g/mol. The fourth-order valence-corrected chi connectivity index (χ4v) is 12.2. The van der Waals surface area contributed by atoms with Crippen LogP contribution in [-0.2, 0) is 25.5 Å². The molecule has 4 amide bonds. The lowest BCUT2D eigenvalue weighted by Gasteiger charge is -2.37. The van der Waals surface area contributed by atoms with Gasteiger partial charge in [0.2, 0.25) is 11.8 Å². The number of halogens is 2. The van der Waals surface area contributed by atoms with Gasteiger partial charge in [-0.2, -0.15) is 0 Å². The molecule has 5 atom stereocenters. The van der Waals surface area contributed by atoms with E-state index in [1.807, 2.05) is 67.6 Å². The molecule has 3 saturated carbocycles. The Balaban J connectivity index is 0.865. The highest BCUT2D eigenvalue weighted by Crippen LogP contribution is 3.01. The minimum Gasteiger partial charge on any atom is -0.445 e. The number of carbonyl (C=O) groups excluding carboxylic acids is 4. The summed E-state index contributed by atoms with van der Waals surface area (Å²) in [6, 6.07) is 25.7. The van der Waals surface area contributed by atoms with E-state index in [-0.39, 0.29) is 73.2 Å². The maximum absolute atomic E-state index is 15.0. The number of carbonyl (C=O) groups is 4. The van der Waals surface area contributed by atoms with Gasteiger partial charge >= 0.3 is 20.0 Å². The predicted octanol–water partition coefficient (Wildman–Crippen LogP) is 8.68. The van der Waals surface area contributed by atoms with E-state index in [9.17, 15) is 33.5 Å². The van der Waals surface area contributed by atoms with Gasteiger partial charge in [0.05, 0.1) is 22.2 Å². The molecule has 65 heavy (non-hydrogen) atoms. The Morgan fingerprint density at radius 2 is 1.18 bits per heavy atom. The van der Waals surface area contributed by atoms with Crippen molar-refractivity contribution in [1.29, 1.82) is 0 Å². The number of hydrogen-bond donors (Lipinski definition) is 2. The molecule has 3 aliphatic carbocycles. The Kier molecular flexibility index (Phi) is 10.5. The number of ether oxygens (including phenoxy) is 2. The summed E-state index contributed by atoms with van der Waals surface area (Å²) in [5.41, 5.74) is 2.80. The van der Waals surface area contributed by atoms with Crippen molar-refractivity contribution in [3.05, 3.63) is 107 Å². The largest absolute Gasteiger partial charge is 0.524 e. The van der Waals surface area contributed by atoms with Crippen LogP contribution in [0.3, 0.4) is 0 Å². The number of hydrogen-bond acceptors (Lipinski definition) is 8. The molecule has 0 bridgehead atoms. The van der Waals surface area contributed by atoms with Crippen molar-refractivity contribution in [2.45, 2.75) is 44.6 Å². The standard InChI is InChI=1S/C48H47Cl2N4O10P/c1-28-12-14-29(15-13-28)24-62-44(57)51(2)16-17-52(3)45(58)63-38-18-36-40(34-10-6-4-8-32(34)38)30(20-49)22-53(36)42(55)46-25-47(27-48(46,47)26-46)43(56)54-23-31(21-50)41-35-11-7-5-9-33(35)39(19-37(41)54)64-65(59,60)61/h4-15,18-19,30-31H,16-17,20-27H2,1-3H3,(H2,59,60,61)/t30-,31-,46?,47?,48?/m1/s1. The van der Waals surface area contributed by atoms with E-state index in [0.29, 0.717) is 53.3 Å². The first-order valence-electron chi connectivity index (χ1n) is 21.5. The van der Waals surface area contributed by atoms with Crippen molar-refractivity contribution in [3.63, 3.8) is 0 Å². The summed E-state index contributed by atoms with van der Waals surface area (Å²) in [6.45, 7) is 3.08. The van der Waals surface area contributed by atoms with Crippen LogP contribution >= 0.6 is 31.0 Å². The van der Waals surface area contributed by atoms with Gasteiger partial charge in [0.15, 0.2) is 0 Å². The first-order valence-corrected chi connectivity index (χ1v) is 24.1. The van der Waals surface area contributed by atoms with Gasteiger partial charge in [-0.3, -0.25) is 19.4 Å². The lowest BCUT2D eigenvalue weighted by atomic mass is 9.72. The maximum Gasteiger partial charge on any atom is 0.524 e. The highest BCUT2D eigenvalue weighted by Gasteiger charge is 3.01. The lowest BCUT2D eigenvalue weighted by molar-refractivity contribution is -0.134. The summed E-state index contributed by atoms with van der Waals surface area (Å²) in [5.74, 6) is 0.0892. The zero-order chi connectivity index (χ0) is 45.8. The Morgan fingerprint density at radius 3 is 1.68 bits per heavy atom. The number of amides is 4. The van der Waals surface area contributed by atoms with Crippen molar-refractivity contribution in [2.24, 2.45) is 16.2 Å². The Bertz CT molecular complexity index is 2890. The summed E-state index contributed by atoms with van der Waals surface area (Å²) in [5, 5.41) is 2.71. The van der Waals surface area contributed by atoms with E-state index >= 15 is 0 Å². The van der Waals surface area contributed by atoms with Crippen molar-refractivity contribution in [3.8, 4) is 11.5 Å². The van der Waals surface area contributed by atoms with Crippen molar-refractivity contribution >= 4 is 87.9 Å². The van der Waals surface area contributed by atoms with Gasteiger partial charge in [0, 0.05) is 92.2 Å². The number of fused-ring (bicyclic) bond motifs is 6. The predicted molar refractivity (Wildman–Crippen MR) is 246 cm³/mol. The first kappa shape index (κ1) is 43.5. The summed E-state index contributed by atoms with van der Waals surface area (Å²) >= 11 is 13.1. The van der Waals surface area contributed by atoms with Crippen molar-refractivity contribution < 1.29 is 47.5 Å². The second-order valence-electron chi connectivity index (χ2n) is 18.3. The Morgan fingerprint density at radius 1 is 0.708 bits per heavy atom. The van der Waals surface area contributed by atoms with E-state index < -0.39 is 36.3 Å². The van der Waals surface area contributed by atoms with Crippen LogP contribution in [0.2, 0.25) is 0 Å². The van der Waals surface area contributed by atoms with Gasteiger partial charge in [0.25, 0.3) is 0 Å². The Hall–Kier alpha value is -5.37. The van der Waals surface area contributed by atoms with E-state index in [1.165, 1.54) is 15.9 Å². The molecule has 3 fully saturated rings. The summed E-state index contributed by atoms with van der Waals surface area (Å²) < 4.78 is 28.7. The molecule has 10 rings (SSSR count). The Labute approximate surface area is 385 Å². The van der Waals surface area contributed by atoms with Gasteiger partial charge in [0.1, 0.15) is 18.1 Å². The molecular weight excluding hydrogens is 894 g/mol. The molecule has 338 valence electrons. The molecule has 0 radical (unpaired) electrons. The van der Waals surface area contributed by atoms with E-state index in [0.717, 1.165) is 27.6 Å². The number of phosphoric ester groups is 1. The van der Waals surface area contributed by atoms with Crippen LogP contribution in [0, 0.1) is 23.2 Å². The second-order valence-corrected chi connectivity index (χ2v) is 20.1. The number of benzene rings is 5. The van der Waals surface area contributed by atoms with Gasteiger partial charge in [-0.15, -0.1) is 23.2 Å². The average Bonchev–Trinajstić information content (AvgIpc) is 3.80. The van der Waals surface area contributed by atoms with Crippen LogP contribution in [-0.4, -0.2) is 95.6 Å². The number of aryl methyl sites for hydroxylation is 1. The third-order valence-electron chi connectivity index (χ3n) is 14.6. The van der Waals surface area contributed by atoms with Crippen LogP contribution in [0.25, 0.3) is 21.5 Å². The number of nitrogens with zero attached hydrogens (tertiary/aromatic N) is 4. The van der Waals surface area contributed by atoms with E-state index in [1.54, 1.807) is 42.1 Å². The zero-order valence-corrected chi connectivity index (χ0v) is 38.4. The number of anilines is 2. The topological polar surface area (TPSA) is 166 Å². The van der Waals surface area contributed by atoms with E-state index in [2.05, 4.69) is 0 Å². The molecule has 5 aliphatic rings. The monoisotopic (exact) mass is 940 g/mol. The SMILES string of the molecule is Cc1ccc(COC(=O)N(C)CCN(C)C(=O)Oc2cc3c(c4ccccc24)[C@H](CCl)CN3C(=O)C23CC4(C(=O)N5C[C@@H](CCl)c6c5cc(OP(=O)(O)O)c5ccccc65)CC24C3)cc1. The quantitative estimate of drug-likeness (QED) is 0.0913. The highest BCUT2D eigenvalue weighted by atomic mass is 35.5. The molecule has 3 unspecified atom stereocenters. The molecular formula is C48H47Cl2N4O10P. The van der Waals surface area contributed by atoms with Gasteiger partial charge < -0.3 is 33.6 Å². The molecule has 5 aromatic rings. The summed E-state index contributed by atoms with van der Waals surface area (Å²) in [6.07, 6.45) is 0.300. The third-order valence-corrected chi connectivity index (χ3v) is 15.8. The second kappa shape index (κ2) is 15.6. The lowest BCUT2D eigenvalue weighted by Crippen LogP contribution is -2.49. The number of alkyl halides is 2. The van der Waals surface area contributed by atoms with Crippen LogP contribution in [0.5, 0.6) is 11.5 Å². The van der Waals surface area contributed by atoms with Crippen molar-refractivity contribution in [1.82, 2.24) is 9.80 Å². The zero-order valence-electron chi connectivity index (χ0n) is 36.0. The molecule has 0 saturated heterocycles. The van der Waals surface area contributed by atoms with Crippen LogP contribution < -0.4 is 19.1 Å². The van der Waals surface area contributed by atoms with Gasteiger partial charge in [-0.05, 0) is 53.6 Å². The number of phosphoric acid groups is 1. The fraction of sp³-hybridized carbons (Fsp3) is 0.375. The molecule has 1 spiro atoms. The van der Waals surface area contributed by atoms with Gasteiger partial charge in [-0.25, -0.2) is 14.2 Å². The molecule has 14 nitrogen and oxygen atoms in total. The van der Waals surface area contributed by atoms with Crippen molar-refractivity contribution in [2.75, 3.05) is 61.8 Å². The normalized spacial score (nSPS) is 24.4. The first-order chi connectivity index (χ1) is 31.0. The van der Waals surface area contributed by atoms with E-state index in [4.69, 9.17) is 37.2 Å². The minimum absolute atomic E-state index is 0.0292. The molecule has 2 aliphatic heterocycles. The minimum atomic E-state index is -4.94. The molecule has 0 aromatic heterocycles.